The number of aryl methyl sites for hydroxylation is 1. The van der Waals surface area contributed by atoms with Crippen LogP contribution in [0.5, 0.6) is 5.75 Å². The first-order chi connectivity index (χ1) is 13.7. The first-order valence-electron chi connectivity index (χ1n) is 9.80. The fourth-order valence-electron chi connectivity index (χ4n) is 3.38. The van der Waals surface area contributed by atoms with Gasteiger partial charge < -0.3 is 20.3 Å². The van der Waals surface area contributed by atoms with Crippen LogP contribution in [0.15, 0.2) is 41.7 Å². The van der Waals surface area contributed by atoms with Gasteiger partial charge in [-0.1, -0.05) is 11.6 Å². The number of anilines is 1. The first-order valence-corrected chi connectivity index (χ1v) is 10.2. The zero-order chi connectivity index (χ0) is 19.8. The van der Waals surface area contributed by atoms with Crippen LogP contribution < -0.4 is 20.3 Å². The van der Waals surface area contributed by atoms with Crippen molar-refractivity contribution in [1.82, 2.24) is 20.4 Å². The molecule has 0 amide bonds. The minimum atomic E-state index is 0. The van der Waals surface area contributed by atoms with Gasteiger partial charge in [-0.2, -0.15) is 5.10 Å². The molecule has 1 aliphatic rings. The van der Waals surface area contributed by atoms with E-state index in [2.05, 4.69) is 27.6 Å². The van der Waals surface area contributed by atoms with Gasteiger partial charge in [0, 0.05) is 56.2 Å². The van der Waals surface area contributed by atoms with E-state index in [1.54, 1.807) is 13.3 Å². The van der Waals surface area contributed by atoms with Gasteiger partial charge in [-0.15, -0.1) is 24.0 Å². The summed E-state index contributed by atoms with van der Waals surface area (Å²) in [5.41, 5.74) is 1.04. The fraction of sp³-hybridized carbons (Fsp3) is 0.500. The van der Waals surface area contributed by atoms with Crippen LogP contribution in [-0.2, 0) is 6.54 Å². The van der Waals surface area contributed by atoms with Crippen LogP contribution in [0.2, 0.25) is 5.02 Å². The SMILES string of the molecule is CCNC(=NCCCn1cccn1)NC1CCN(c2cc(Cl)ccc2OC)C1.I. The van der Waals surface area contributed by atoms with Crippen molar-refractivity contribution in [3.05, 3.63) is 41.7 Å². The smallest absolute Gasteiger partial charge is 0.191 e. The molecule has 1 aromatic heterocycles. The highest BCUT2D eigenvalue weighted by atomic mass is 127. The van der Waals surface area contributed by atoms with Crippen molar-refractivity contribution < 1.29 is 4.74 Å². The van der Waals surface area contributed by atoms with Crippen LogP contribution >= 0.6 is 35.6 Å². The molecular formula is C20H30ClIN6O. The number of aromatic nitrogens is 2. The molecule has 0 bridgehead atoms. The standard InChI is InChI=1S/C20H29ClN6O.HI/c1-3-22-20(23-9-4-11-27-12-5-10-24-27)25-17-8-13-26(15-17)18-14-16(21)6-7-19(18)28-2;/h5-7,10,12,14,17H,3-4,8-9,11,13,15H2,1-2H3,(H2,22,23,25);1H. The van der Waals surface area contributed by atoms with Crippen LogP contribution in [0.25, 0.3) is 0 Å². The van der Waals surface area contributed by atoms with E-state index in [9.17, 15) is 0 Å². The summed E-state index contributed by atoms with van der Waals surface area (Å²) in [6, 6.07) is 8.01. The molecule has 9 heteroatoms. The summed E-state index contributed by atoms with van der Waals surface area (Å²) in [5, 5.41) is 11.8. The largest absolute Gasteiger partial charge is 0.495 e. The molecule has 1 atom stereocenters. The first kappa shape index (κ1) is 23.6. The van der Waals surface area contributed by atoms with Crippen LogP contribution in [0.3, 0.4) is 0 Å². The fourth-order valence-corrected chi connectivity index (χ4v) is 3.54. The molecule has 1 aromatic carbocycles. The van der Waals surface area contributed by atoms with Crippen molar-refractivity contribution in [2.75, 3.05) is 38.2 Å². The second-order valence-electron chi connectivity index (χ2n) is 6.78. The van der Waals surface area contributed by atoms with Gasteiger partial charge in [0.15, 0.2) is 5.96 Å². The molecule has 1 saturated heterocycles. The average Bonchev–Trinajstić information content (AvgIpc) is 3.37. The Balaban J connectivity index is 0.00000300. The summed E-state index contributed by atoms with van der Waals surface area (Å²) in [6.45, 7) is 6.39. The van der Waals surface area contributed by atoms with E-state index in [0.29, 0.717) is 6.04 Å². The number of aliphatic imine (C=N–C) groups is 1. The molecule has 160 valence electrons. The molecule has 0 radical (unpaired) electrons. The van der Waals surface area contributed by atoms with E-state index in [-0.39, 0.29) is 24.0 Å². The highest BCUT2D eigenvalue weighted by molar-refractivity contribution is 14.0. The molecule has 29 heavy (non-hydrogen) atoms. The Bertz CT molecular complexity index is 770. The number of benzene rings is 1. The summed E-state index contributed by atoms with van der Waals surface area (Å²) in [7, 11) is 1.69. The molecule has 1 aliphatic heterocycles. The normalized spacial score (nSPS) is 16.4. The van der Waals surface area contributed by atoms with Crippen molar-refractivity contribution in [3.8, 4) is 5.75 Å². The predicted octanol–water partition coefficient (Wildman–Crippen LogP) is 3.39. The molecule has 2 heterocycles. The van der Waals surface area contributed by atoms with Gasteiger partial charge in [0.05, 0.1) is 12.8 Å². The minimum absolute atomic E-state index is 0. The molecule has 1 unspecified atom stereocenters. The summed E-state index contributed by atoms with van der Waals surface area (Å²) in [6.07, 6.45) is 5.77. The van der Waals surface area contributed by atoms with E-state index in [0.717, 1.165) is 68.0 Å². The van der Waals surface area contributed by atoms with Gasteiger partial charge in [0.2, 0.25) is 0 Å². The van der Waals surface area contributed by atoms with E-state index in [1.807, 2.05) is 35.1 Å². The Morgan fingerprint density at radius 1 is 1.41 bits per heavy atom. The average molecular weight is 533 g/mol. The summed E-state index contributed by atoms with van der Waals surface area (Å²) in [4.78, 5) is 7.02. The predicted molar refractivity (Wildman–Crippen MR) is 130 cm³/mol. The second kappa shape index (κ2) is 12.1. The Morgan fingerprint density at radius 2 is 2.28 bits per heavy atom. The number of guanidine groups is 1. The molecule has 3 rings (SSSR count). The second-order valence-corrected chi connectivity index (χ2v) is 7.21. The van der Waals surface area contributed by atoms with Crippen LogP contribution in [-0.4, -0.2) is 55.1 Å². The summed E-state index contributed by atoms with van der Waals surface area (Å²) < 4.78 is 7.43. The highest BCUT2D eigenvalue weighted by Crippen LogP contribution is 2.33. The topological polar surface area (TPSA) is 66.7 Å². The molecule has 0 spiro atoms. The Hall–Kier alpha value is -1.68. The molecule has 2 N–H and O–H groups in total. The Morgan fingerprint density at radius 3 is 3.00 bits per heavy atom. The Labute approximate surface area is 194 Å². The van der Waals surface area contributed by atoms with Gasteiger partial charge in [-0.25, -0.2) is 0 Å². The lowest BCUT2D eigenvalue weighted by Gasteiger charge is -2.22. The summed E-state index contributed by atoms with van der Waals surface area (Å²) >= 11 is 6.19. The third-order valence-electron chi connectivity index (χ3n) is 4.73. The van der Waals surface area contributed by atoms with Crippen LogP contribution in [0.1, 0.15) is 19.8 Å². The molecule has 1 fully saturated rings. The maximum atomic E-state index is 6.19. The quantitative estimate of drug-likeness (QED) is 0.236. The third-order valence-corrected chi connectivity index (χ3v) is 4.96. The zero-order valence-electron chi connectivity index (χ0n) is 17.0. The van der Waals surface area contributed by atoms with E-state index in [4.69, 9.17) is 21.3 Å². The number of methoxy groups -OCH3 is 1. The maximum absolute atomic E-state index is 6.19. The zero-order valence-corrected chi connectivity index (χ0v) is 20.1. The third kappa shape index (κ3) is 6.95. The molecule has 0 saturated carbocycles. The molecule has 2 aromatic rings. The van der Waals surface area contributed by atoms with Gasteiger partial charge in [0.1, 0.15) is 5.75 Å². The number of nitrogens with one attached hydrogen (secondary N) is 2. The maximum Gasteiger partial charge on any atom is 0.191 e. The lowest BCUT2D eigenvalue weighted by Crippen LogP contribution is -2.44. The lowest BCUT2D eigenvalue weighted by atomic mass is 10.2. The van der Waals surface area contributed by atoms with Crippen molar-refractivity contribution in [1.29, 1.82) is 0 Å². The lowest BCUT2D eigenvalue weighted by molar-refractivity contribution is 0.415. The highest BCUT2D eigenvalue weighted by Gasteiger charge is 2.25. The van der Waals surface area contributed by atoms with Gasteiger partial charge in [0.25, 0.3) is 0 Å². The van der Waals surface area contributed by atoms with Crippen molar-refractivity contribution in [2.24, 2.45) is 4.99 Å². The van der Waals surface area contributed by atoms with Gasteiger partial charge in [-0.05, 0) is 44.0 Å². The number of hydrogen-bond acceptors (Lipinski definition) is 4. The molecule has 0 aliphatic carbocycles. The Kier molecular flexibility index (Phi) is 9.86. The van der Waals surface area contributed by atoms with Crippen molar-refractivity contribution >= 4 is 47.2 Å². The number of rotatable bonds is 8. The van der Waals surface area contributed by atoms with Gasteiger partial charge in [-0.3, -0.25) is 9.67 Å². The number of nitrogens with zero attached hydrogens (tertiary/aromatic N) is 4. The van der Waals surface area contributed by atoms with E-state index < -0.39 is 0 Å². The van der Waals surface area contributed by atoms with Gasteiger partial charge >= 0.3 is 0 Å². The van der Waals surface area contributed by atoms with Crippen molar-refractivity contribution in [2.45, 2.75) is 32.4 Å². The number of ether oxygens (including phenoxy) is 1. The van der Waals surface area contributed by atoms with Crippen LogP contribution in [0, 0.1) is 0 Å². The summed E-state index contributed by atoms with van der Waals surface area (Å²) in [5.74, 6) is 1.72. The van der Waals surface area contributed by atoms with Crippen LogP contribution in [0.4, 0.5) is 5.69 Å². The van der Waals surface area contributed by atoms with Crippen molar-refractivity contribution in [3.63, 3.8) is 0 Å². The molecule has 7 nitrogen and oxygen atoms in total. The number of halogens is 2. The van der Waals surface area contributed by atoms with E-state index in [1.165, 1.54) is 0 Å². The monoisotopic (exact) mass is 532 g/mol. The number of hydrogen-bond donors (Lipinski definition) is 2. The van der Waals surface area contributed by atoms with E-state index >= 15 is 0 Å². The minimum Gasteiger partial charge on any atom is -0.495 e. The molecular weight excluding hydrogens is 503 g/mol.